The van der Waals surface area contributed by atoms with Gasteiger partial charge >= 0.3 is 5.69 Å². The number of nitrogens with zero attached hydrogens (tertiary/aromatic N) is 3. The molecule has 0 atom stereocenters. The van der Waals surface area contributed by atoms with Crippen LogP contribution in [0.5, 0.6) is 0 Å². The number of aromatic nitrogens is 4. The molecule has 2 N–H and O–H groups in total. The highest BCUT2D eigenvalue weighted by Crippen LogP contribution is 2.23. The number of H-pyrrole nitrogens is 1. The summed E-state index contributed by atoms with van der Waals surface area (Å²) in [6.45, 7) is 1.91. The van der Waals surface area contributed by atoms with Gasteiger partial charge in [-0.15, -0.1) is 0 Å². The van der Waals surface area contributed by atoms with Crippen LogP contribution >= 0.6 is 0 Å². The highest BCUT2D eigenvalue weighted by atomic mass is 16.3. The summed E-state index contributed by atoms with van der Waals surface area (Å²) >= 11 is 0. The fraction of sp³-hybridized carbons (Fsp3) is 0.0833. The molecule has 0 spiro atoms. The first kappa shape index (κ1) is 20.3. The molecule has 4 aromatic heterocycles. The van der Waals surface area contributed by atoms with Crippen LogP contribution in [-0.2, 0) is 6.54 Å². The molecule has 4 heterocycles. The van der Waals surface area contributed by atoms with Crippen molar-refractivity contribution in [3.8, 4) is 11.3 Å². The van der Waals surface area contributed by atoms with Crippen LogP contribution in [0.2, 0.25) is 0 Å². The summed E-state index contributed by atoms with van der Waals surface area (Å²) in [5.74, 6) is -0.206. The molecule has 5 aromatic rings. The van der Waals surface area contributed by atoms with Gasteiger partial charge in [0.1, 0.15) is 17.0 Å². The highest BCUT2D eigenvalue weighted by Gasteiger charge is 2.16. The number of hydrogen-bond donors (Lipinski definition) is 2. The van der Waals surface area contributed by atoms with Crippen LogP contribution in [0.4, 0.5) is 5.69 Å². The predicted octanol–water partition coefficient (Wildman–Crippen LogP) is 3.05. The Balaban J connectivity index is 1.43. The topological polar surface area (TPSA) is 114 Å². The lowest BCUT2D eigenvalue weighted by molar-refractivity contribution is 0.102. The van der Waals surface area contributed by atoms with Crippen molar-refractivity contribution in [2.75, 3.05) is 5.32 Å². The summed E-state index contributed by atoms with van der Waals surface area (Å²) < 4.78 is 8.07. The molecule has 33 heavy (non-hydrogen) atoms. The maximum Gasteiger partial charge on any atom is 0.328 e. The number of hydrogen-bond acceptors (Lipinski definition) is 5. The number of furan rings is 1. The summed E-state index contributed by atoms with van der Waals surface area (Å²) in [7, 11) is 0. The van der Waals surface area contributed by atoms with Crippen LogP contribution in [0.25, 0.3) is 16.9 Å². The Morgan fingerprint density at radius 1 is 1.15 bits per heavy atom. The molecule has 0 fully saturated rings. The third-order valence-corrected chi connectivity index (χ3v) is 5.29. The average Bonchev–Trinajstić information content (AvgIpc) is 3.47. The summed E-state index contributed by atoms with van der Waals surface area (Å²) in [6.07, 6.45) is 6.41. The van der Waals surface area contributed by atoms with Crippen molar-refractivity contribution in [2.45, 2.75) is 13.5 Å². The van der Waals surface area contributed by atoms with Gasteiger partial charge in [0.15, 0.2) is 0 Å². The minimum atomic E-state index is -0.709. The minimum absolute atomic E-state index is 0.0783. The second-order valence-corrected chi connectivity index (χ2v) is 7.56. The molecule has 164 valence electrons. The molecule has 1 amide bonds. The van der Waals surface area contributed by atoms with E-state index in [1.165, 1.54) is 6.26 Å². The van der Waals surface area contributed by atoms with Crippen LogP contribution in [0.15, 0.2) is 87.4 Å². The number of amides is 1. The van der Waals surface area contributed by atoms with Gasteiger partial charge in [-0.3, -0.25) is 14.2 Å². The fourth-order valence-electron chi connectivity index (χ4n) is 3.62. The zero-order chi connectivity index (χ0) is 22.9. The van der Waals surface area contributed by atoms with Gasteiger partial charge in [0.2, 0.25) is 0 Å². The number of aromatic amines is 1. The molecule has 9 heteroatoms. The Labute approximate surface area is 187 Å². The molecule has 5 rings (SSSR count). The van der Waals surface area contributed by atoms with Crippen molar-refractivity contribution < 1.29 is 9.21 Å². The van der Waals surface area contributed by atoms with Gasteiger partial charge in [0.05, 0.1) is 18.5 Å². The van der Waals surface area contributed by atoms with E-state index in [9.17, 15) is 14.4 Å². The van der Waals surface area contributed by atoms with E-state index in [-0.39, 0.29) is 12.1 Å². The second kappa shape index (κ2) is 8.12. The maximum absolute atomic E-state index is 12.8. The Kier molecular flexibility index (Phi) is 4.98. The van der Waals surface area contributed by atoms with Crippen molar-refractivity contribution in [1.29, 1.82) is 0 Å². The number of imidazole rings is 1. The van der Waals surface area contributed by atoms with Crippen LogP contribution in [0.1, 0.15) is 21.7 Å². The first-order chi connectivity index (χ1) is 16.0. The third kappa shape index (κ3) is 3.87. The van der Waals surface area contributed by atoms with E-state index >= 15 is 0 Å². The van der Waals surface area contributed by atoms with Gasteiger partial charge in [0, 0.05) is 29.8 Å². The Morgan fingerprint density at radius 2 is 2.03 bits per heavy atom. The van der Waals surface area contributed by atoms with E-state index in [4.69, 9.17) is 4.42 Å². The van der Waals surface area contributed by atoms with Gasteiger partial charge in [-0.25, -0.2) is 9.78 Å². The monoisotopic (exact) mass is 441 g/mol. The molecule has 0 saturated carbocycles. The molecule has 0 bridgehead atoms. The van der Waals surface area contributed by atoms with E-state index < -0.39 is 17.2 Å². The fourth-order valence-corrected chi connectivity index (χ4v) is 3.62. The largest absolute Gasteiger partial charge is 0.467 e. The van der Waals surface area contributed by atoms with Gasteiger partial charge in [0.25, 0.3) is 11.5 Å². The molecule has 0 saturated heterocycles. The van der Waals surface area contributed by atoms with Crippen molar-refractivity contribution >= 4 is 17.2 Å². The van der Waals surface area contributed by atoms with Gasteiger partial charge in [-0.2, -0.15) is 0 Å². The first-order valence-corrected chi connectivity index (χ1v) is 10.2. The lowest BCUT2D eigenvalue weighted by atomic mass is 10.1. The van der Waals surface area contributed by atoms with Crippen molar-refractivity contribution in [1.82, 2.24) is 18.9 Å². The Hall–Kier alpha value is -4.66. The molecule has 9 nitrogen and oxygen atoms in total. The molecule has 0 unspecified atom stereocenters. The summed E-state index contributed by atoms with van der Waals surface area (Å²) in [6, 6.07) is 14.4. The normalized spacial score (nSPS) is 11.1. The highest BCUT2D eigenvalue weighted by molar-refractivity contribution is 6.04. The number of aryl methyl sites for hydroxylation is 1. The molecular weight excluding hydrogens is 422 g/mol. The molecule has 0 aliphatic heterocycles. The van der Waals surface area contributed by atoms with E-state index in [1.807, 2.05) is 41.9 Å². The van der Waals surface area contributed by atoms with E-state index in [0.717, 1.165) is 33.2 Å². The Bertz CT molecular complexity index is 1590. The maximum atomic E-state index is 12.8. The number of fused-ring (bicyclic) bond motifs is 1. The number of anilines is 1. The van der Waals surface area contributed by atoms with Crippen LogP contribution in [-0.4, -0.2) is 24.8 Å². The standard InChI is InChI=1S/C24H19N5O4/c1-15-5-3-9-28-14-20(27-21(15)28)16-6-2-7-17(11-16)26-22(30)19-12-25-24(32)29(23(19)31)13-18-8-4-10-33-18/h2-12,14H,13H2,1H3,(H,25,32)(H,26,30). The molecule has 0 aliphatic rings. The minimum Gasteiger partial charge on any atom is -0.467 e. The van der Waals surface area contributed by atoms with Crippen molar-refractivity contribution in [2.24, 2.45) is 0 Å². The van der Waals surface area contributed by atoms with Gasteiger partial charge < -0.3 is 19.1 Å². The predicted molar refractivity (Wildman–Crippen MR) is 122 cm³/mol. The number of carbonyl (C=O) groups is 1. The van der Waals surface area contributed by atoms with E-state index in [1.54, 1.807) is 30.3 Å². The van der Waals surface area contributed by atoms with Crippen LogP contribution in [0.3, 0.4) is 0 Å². The number of benzene rings is 1. The SMILES string of the molecule is Cc1cccn2cc(-c3cccc(NC(=O)c4c[nH]c(=O)n(Cc5ccco5)c4=O)c3)nc12. The summed E-state index contributed by atoms with van der Waals surface area (Å²) in [5, 5.41) is 2.73. The Morgan fingerprint density at radius 3 is 2.82 bits per heavy atom. The number of carbonyl (C=O) groups excluding carboxylic acids is 1. The molecule has 0 radical (unpaired) electrons. The van der Waals surface area contributed by atoms with Crippen LogP contribution in [0, 0.1) is 6.92 Å². The van der Waals surface area contributed by atoms with E-state index in [0.29, 0.717) is 11.4 Å². The number of rotatable bonds is 5. The third-order valence-electron chi connectivity index (χ3n) is 5.29. The van der Waals surface area contributed by atoms with Gasteiger partial charge in [-0.1, -0.05) is 18.2 Å². The zero-order valence-electron chi connectivity index (χ0n) is 17.6. The van der Waals surface area contributed by atoms with E-state index in [2.05, 4.69) is 15.3 Å². The first-order valence-electron chi connectivity index (χ1n) is 10.2. The number of pyridine rings is 1. The van der Waals surface area contributed by atoms with Crippen LogP contribution < -0.4 is 16.6 Å². The van der Waals surface area contributed by atoms with Gasteiger partial charge in [-0.05, 0) is 42.8 Å². The summed E-state index contributed by atoms with van der Waals surface area (Å²) in [4.78, 5) is 44.9. The quantitative estimate of drug-likeness (QED) is 0.435. The molecule has 1 aromatic carbocycles. The average molecular weight is 441 g/mol. The van der Waals surface area contributed by atoms with Crippen molar-refractivity contribution in [3.63, 3.8) is 0 Å². The molecular formula is C24H19N5O4. The lowest BCUT2D eigenvalue weighted by Crippen LogP contribution is -2.39. The lowest BCUT2D eigenvalue weighted by Gasteiger charge is -2.08. The number of nitrogens with one attached hydrogen (secondary N) is 2. The van der Waals surface area contributed by atoms with Crippen molar-refractivity contribution in [3.05, 3.63) is 111 Å². The summed E-state index contributed by atoms with van der Waals surface area (Å²) in [5.41, 5.74) is 2.45. The molecule has 0 aliphatic carbocycles. The smallest absolute Gasteiger partial charge is 0.328 e. The second-order valence-electron chi connectivity index (χ2n) is 7.56. The zero-order valence-corrected chi connectivity index (χ0v) is 17.6.